The molecule has 1 N–H and O–H groups in total. The summed E-state index contributed by atoms with van der Waals surface area (Å²) < 4.78 is 69.2. The lowest BCUT2D eigenvalue weighted by Gasteiger charge is -2.12. The molecule has 180 valence electrons. The number of sulfonamides is 1. The molecule has 0 unspecified atom stereocenters. The van der Waals surface area contributed by atoms with E-state index < -0.39 is 32.6 Å². The largest absolute Gasteiger partial charge is 0.419 e. The number of nitrogens with one attached hydrogen (secondary N) is 1. The van der Waals surface area contributed by atoms with E-state index in [0.29, 0.717) is 23.0 Å². The second-order valence-corrected chi connectivity index (χ2v) is 9.34. The maximum atomic E-state index is 13.0. The van der Waals surface area contributed by atoms with Gasteiger partial charge in [-0.3, -0.25) is 4.79 Å². The van der Waals surface area contributed by atoms with E-state index in [9.17, 15) is 26.4 Å². The molecule has 1 aromatic heterocycles. The van der Waals surface area contributed by atoms with Crippen molar-refractivity contribution in [2.24, 2.45) is 4.40 Å². The monoisotopic (exact) mass is 513 g/mol. The minimum absolute atomic E-state index is 0.0730. The summed E-state index contributed by atoms with van der Waals surface area (Å²) in [6, 6.07) is 10.4. The molecule has 3 aromatic rings. The summed E-state index contributed by atoms with van der Waals surface area (Å²) in [4.78, 5) is 13.4. The molecule has 0 aliphatic rings. The minimum Gasteiger partial charge on any atom is -0.368 e. The van der Waals surface area contributed by atoms with Crippen molar-refractivity contribution in [3.05, 3.63) is 71.0 Å². The fourth-order valence-electron chi connectivity index (χ4n) is 2.82. The summed E-state index contributed by atoms with van der Waals surface area (Å²) in [5, 5.41) is 6.61. The van der Waals surface area contributed by atoms with Crippen LogP contribution in [0.2, 0.25) is 5.02 Å². The van der Waals surface area contributed by atoms with Crippen LogP contribution in [0.25, 0.3) is 5.69 Å². The predicted molar refractivity (Wildman–Crippen MR) is 122 cm³/mol. The van der Waals surface area contributed by atoms with Crippen molar-refractivity contribution in [3.8, 4) is 5.69 Å². The number of anilines is 1. The third-order valence-corrected chi connectivity index (χ3v) is 6.03. The van der Waals surface area contributed by atoms with Gasteiger partial charge in [-0.05, 0) is 29.8 Å². The van der Waals surface area contributed by atoms with Gasteiger partial charge in [-0.2, -0.15) is 26.7 Å². The zero-order valence-corrected chi connectivity index (χ0v) is 19.5. The van der Waals surface area contributed by atoms with Gasteiger partial charge in [0.15, 0.2) is 0 Å². The number of carbonyl (C=O) groups excluding carboxylic acids is 1. The van der Waals surface area contributed by atoms with Crippen LogP contribution in [0.5, 0.6) is 0 Å². The summed E-state index contributed by atoms with van der Waals surface area (Å²) in [6.07, 6.45) is -2.45. The first-order valence-electron chi connectivity index (χ1n) is 9.63. The first kappa shape index (κ1) is 25.2. The van der Waals surface area contributed by atoms with Crippen molar-refractivity contribution in [2.45, 2.75) is 17.5 Å². The van der Waals surface area contributed by atoms with Gasteiger partial charge in [-0.1, -0.05) is 29.8 Å². The lowest BCUT2D eigenvalue weighted by molar-refractivity contribution is -0.137. The average Bonchev–Trinajstić information content (AvgIpc) is 3.25. The highest BCUT2D eigenvalue weighted by atomic mass is 35.5. The van der Waals surface area contributed by atoms with Crippen LogP contribution in [0.4, 0.5) is 18.9 Å². The zero-order chi connectivity index (χ0) is 25.1. The van der Waals surface area contributed by atoms with E-state index in [1.165, 1.54) is 17.0 Å². The summed E-state index contributed by atoms with van der Waals surface area (Å²) in [7, 11) is -1.27. The van der Waals surface area contributed by atoms with E-state index in [2.05, 4.69) is 14.8 Å². The standard InChI is InChI=1S/C21H19ClF3N5O3S/c1-29(2)13-27-34(32,33)19-10-16(28-20(31)9-14-5-3-4-6-17(14)22)7-8-18(19)30-12-15(11-26-30)21(23,24)25/h3-8,10-13H,9H2,1-2H3,(H,28,31)/b27-13+. The van der Waals surface area contributed by atoms with E-state index in [4.69, 9.17) is 11.6 Å². The van der Waals surface area contributed by atoms with E-state index in [-0.39, 0.29) is 17.8 Å². The molecule has 0 atom stereocenters. The Kier molecular flexibility index (Phi) is 7.32. The van der Waals surface area contributed by atoms with Crippen LogP contribution in [0.3, 0.4) is 0 Å². The topological polar surface area (TPSA) is 96.7 Å². The maximum absolute atomic E-state index is 13.0. The summed E-state index contributed by atoms with van der Waals surface area (Å²) in [5.74, 6) is -0.473. The summed E-state index contributed by atoms with van der Waals surface area (Å²) >= 11 is 6.07. The smallest absolute Gasteiger partial charge is 0.368 e. The number of nitrogens with zero attached hydrogens (tertiary/aromatic N) is 4. The number of rotatable bonds is 7. The highest BCUT2D eigenvalue weighted by Crippen LogP contribution is 2.31. The molecular formula is C21H19ClF3N5O3S. The summed E-state index contributed by atoms with van der Waals surface area (Å²) in [5.41, 5.74) is -0.555. The minimum atomic E-state index is -4.66. The van der Waals surface area contributed by atoms with Crippen LogP contribution in [0.15, 0.2) is 64.2 Å². The van der Waals surface area contributed by atoms with Crippen molar-refractivity contribution in [2.75, 3.05) is 19.4 Å². The Balaban J connectivity index is 2.00. The number of carbonyl (C=O) groups is 1. The first-order chi connectivity index (χ1) is 15.9. The average molecular weight is 514 g/mol. The van der Waals surface area contributed by atoms with Crippen molar-refractivity contribution in [3.63, 3.8) is 0 Å². The Bertz CT molecular complexity index is 1340. The number of benzene rings is 2. The molecule has 1 amide bonds. The van der Waals surface area contributed by atoms with Crippen molar-refractivity contribution in [1.29, 1.82) is 0 Å². The molecule has 3 rings (SSSR count). The Morgan fingerprint density at radius 1 is 1.24 bits per heavy atom. The molecule has 0 radical (unpaired) electrons. The molecule has 0 bridgehead atoms. The van der Waals surface area contributed by atoms with Crippen LogP contribution in [-0.2, 0) is 27.4 Å². The molecule has 0 aliphatic carbocycles. The first-order valence-corrected chi connectivity index (χ1v) is 11.4. The molecule has 0 saturated heterocycles. The molecule has 13 heteroatoms. The molecule has 0 fully saturated rings. The van der Waals surface area contributed by atoms with Crippen LogP contribution in [0.1, 0.15) is 11.1 Å². The Morgan fingerprint density at radius 2 is 1.94 bits per heavy atom. The second-order valence-electron chi connectivity index (χ2n) is 7.33. The highest BCUT2D eigenvalue weighted by Gasteiger charge is 2.33. The zero-order valence-electron chi connectivity index (χ0n) is 17.9. The van der Waals surface area contributed by atoms with Crippen LogP contribution >= 0.6 is 11.6 Å². The Labute approximate surface area is 198 Å². The molecule has 34 heavy (non-hydrogen) atoms. The van der Waals surface area contributed by atoms with Crippen LogP contribution in [0, 0.1) is 0 Å². The molecule has 8 nitrogen and oxygen atoms in total. The lowest BCUT2D eigenvalue weighted by Crippen LogP contribution is -2.16. The van der Waals surface area contributed by atoms with Gasteiger partial charge < -0.3 is 10.2 Å². The molecule has 0 aliphatic heterocycles. The van der Waals surface area contributed by atoms with Gasteiger partial charge in [0.25, 0.3) is 10.0 Å². The van der Waals surface area contributed by atoms with E-state index in [0.717, 1.165) is 17.1 Å². The number of amides is 1. The van der Waals surface area contributed by atoms with Gasteiger partial charge in [-0.15, -0.1) is 4.40 Å². The molecule has 1 heterocycles. The van der Waals surface area contributed by atoms with Crippen molar-refractivity contribution in [1.82, 2.24) is 14.7 Å². The number of alkyl halides is 3. The van der Waals surface area contributed by atoms with Crippen LogP contribution in [-0.4, -0.2) is 49.4 Å². The third kappa shape index (κ3) is 6.14. The Hall–Kier alpha value is -3.38. The number of halogens is 4. The SMILES string of the molecule is CN(C)/C=N/S(=O)(=O)c1cc(NC(=O)Cc2ccccc2Cl)ccc1-n1cc(C(F)(F)F)cn1. The summed E-state index contributed by atoms with van der Waals surface area (Å²) in [6.45, 7) is 0. The quantitative estimate of drug-likeness (QED) is 0.380. The maximum Gasteiger partial charge on any atom is 0.419 e. The Morgan fingerprint density at radius 3 is 2.56 bits per heavy atom. The van der Waals surface area contributed by atoms with Gasteiger partial charge in [-0.25, -0.2) is 4.68 Å². The number of hydrogen-bond donors (Lipinski definition) is 1. The van der Waals surface area contributed by atoms with Gasteiger partial charge in [0.1, 0.15) is 11.2 Å². The van der Waals surface area contributed by atoms with E-state index in [1.54, 1.807) is 38.4 Å². The fraction of sp³-hybridized carbons (Fsp3) is 0.190. The van der Waals surface area contributed by atoms with Gasteiger partial charge in [0, 0.05) is 31.0 Å². The molecular weight excluding hydrogens is 495 g/mol. The second kappa shape index (κ2) is 9.85. The van der Waals surface area contributed by atoms with Crippen LogP contribution < -0.4 is 5.32 Å². The number of hydrogen-bond acceptors (Lipinski definition) is 4. The lowest BCUT2D eigenvalue weighted by atomic mass is 10.1. The van der Waals surface area contributed by atoms with E-state index in [1.807, 2.05) is 0 Å². The fourth-order valence-corrected chi connectivity index (χ4v) is 4.15. The third-order valence-electron chi connectivity index (χ3n) is 4.40. The predicted octanol–water partition coefficient (Wildman–Crippen LogP) is 4.00. The van der Waals surface area contributed by atoms with Crippen molar-refractivity contribution < 1.29 is 26.4 Å². The van der Waals surface area contributed by atoms with Gasteiger partial charge in [0.05, 0.1) is 23.9 Å². The molecule has 2 aromatic carbocycles. The number of aromatic nitrogens is 2. The van der Waals surface area contributed by atoms with Crippen molar-refractivity contribution >= 4 is 39.6 Å². The normalized spacial score (nSPS) is 12.2. The molecule has 0 saturated carbocycles. The van der Waals surface area contributed by atoms with Gasteiger partial charge >= 0.3 is 6.18 Å². The van der Waals surface area contributed by atoms with Gasteiger partial charge in [0.2, 0.25) is 5.91 Å². The molecule has 0 spiro atoms. The highest BCUT2D eigenvalue weighted by molar-refractivity contribution is 7.90. The van der Waals surface area contributed by atoms with E-state index >= 15 is 0 Å².